The van der Waals surface area contributed by atoms with Crippen molar-refractivity contribution < 1.29 is 0 Å². The normalized spacial score (nSPS) is 32.2. The number of nitrogens with one attached hydrogen (secondary N) is 1. The molecule has 2 aliphatic rings. The number of nitrogens with zero attached hydrogens (tertiary/aromatic N) is 1. The summed E-state index contributed by atoms with van der Waals surface area (Å²) in [5.41, 5.74) is 1.35. The maximum absolute atomic E-state index is 3.73. The Bertz CT molecular complexity index is 322. The molecule has 1 aliphatic carbocycles. The van der Waals surface area contributed by atoms with Gasteiger partial charge in [0, 0.05) is 31.7 Å². The van der Waals surface area contributed by atoms with Gasteiger partial charge in [-0.15, -0.1) is 0 Å². The van der Waals surface area contributed by atoms with Gasteiger partial charge in [-0.05, 0) is 35.5 Å². The lowest BCUT2D eigenvalue weighted by Crippen LogP contribution is -2.59. The summed E-state index contributed by atoms with van der Waals surface area (Å²) >= 11 is 0. The van der Waals surface area contributed by atoms with Crippen molar-refractivity contribution in [2.24, 2.45) is 16.2 Å². The molecule has 2 heteroatoms. The van der Waals surface area contributed by atoms with Crippen LogP contribution in [0.1, 0.15) is 67.7 Å². The zero-order valence-electron chi connectivity index (χ0n) is 14.8. The summed E-state index contributed by atoms with van der Waals surface area (Å²) in [5.74, 6) is 0. The first kappa shape index (κ1) is 16.3. The highest BCUT2D eigenvalue weighted by Crippen LogP contribution is 2.47. The molecule has 1 N–H and O–H groups in total. The molecule has 1 saturated heterocycles. The fourth-order valence-corrected chi connectivity index (χ4v) is 4.73. The van der Waals surface area contributed by atoms with Crippen LogP contribution in [0.5, 0.6) is 0 Å². The molecule has 1 unspecified atom stereocenters. The molecule has 0 bridgehead atoms. The Morgan fingerprint density at radius 1 is 1.00 bits per heavy atom. The average molecular weight is 280 g/mol. The van der Waals surface area contributed by atoms with Gasteiger partial charge in [0.2, 0.25) is 0 Å². The zero-order valence-corrected chi connectivity index (χ0v) is 14.8. The zero-order chi connectivity index (χ0) is 15.2. The minimum Gasteiger partial charge on any atom is -0.311 e. The van der Waals surface area contributed by atoms with Crippen LogP contribution in [0.4, 0.5) is 0 Å². The first-order valence-corrected chi connectivity index (χ1v) is 8.46. The van der Waals surface area contributed by atoms with Crippen molar-refractivity contribution >= 4 is 0 Å². The van der Waals surface area contributed by atoms with E-state index in [1.54, 1.807) is 0 Å². The van der Waals surface area contributed by atoms with E-state index >= 15 is 0 Å². The third-order valence-corrected chi connectivity index (χ3v) is 5.30. The first-order valence-electron chi connectivity index (χ1n) is 8.46. The van der Waals surface area contributed by atoms with E-state index in [0.717, 1.165) is 12.6 Å². The van der Waals surface area contributed by atoms with Crippen molar-refractivity contribution in [2.45, 2.75) is 79.8 Å². The summed E-state index contributed by atoms with van der Waals surface area (Å²) < 4.78 is 0. The third kappa shape index (κ3) is 3.98. The van der Waals surface area contributed by atoms with Gasteiger partial charge in [-0.25, -0.2) is 0 Å². The highest BCUT2D eigenvalue weighted by molar-refractivity contribution is 4.96. The smallest absolute Gasteiger partial charge is 0.0244 e. The van der Waals surface area contributed by atoms with Crippen molar-refractivity contribution in [3.63, 3.8) is 0 Å². The van der Waals surface area contributed by atoms with Crippen molar-refractivity contribution in [3.05, 3.63) is 0 Å². The highest BCUT2D eigenvalue weighted by Gasteiger charge is 2.42. The lowest BCUT2D eigenvalue weighted by Gasteiger charge is -2.51. The molecule has 0 aromatic rings. The maximum atomic E-state index is 3.73. The van der Waals surface area contributed by atoms with E-state index in [1.165, 1.54) is 32.4 Å². The summed E-state index contributed by atoms with van der Waals surface area (Å²) in [4.78, 5) is 2.79. The van der Waals surface area contributed by atoms with Crippen LogP contribution in [0.15, 0.2) is 0 Å². The van der Waals surface area contributed by atoms with Gasteiger partial charge >= 0.3 is 0 Å². The Morgan fingerprint density at radius 2 is 1.55 bits per heavy atom. The first-order chi connectivity index (χ1) is 8.99. The lowest BCUT2D eigenvalue weighted by molar-refractivity contribution is 0.00260. The summed E-state index contributed by atoms with van der Waals surface area (Å²) in [6.45, 7) is 20.5. The second-order valence-electron chi connectivity index (χ2n) is 9.93. The Kier molecular flexibility index (Phi) is 4.30. The third-order valence-electron chi connectivity index (χ3n) is 5.30. The summed E-state index contributed by atoms with van der Waals surface area (Å²) in [5, 5.41) is 3.73. The Morgan fingerprint density at radius 3 is 2.05 bits per heavy atom. The maximum Gasteiger partial charge on any atom is 0.0244 e. The molecule has 1 heterocycles. The van der Waals surface area contributed by atoms with Crippen molar-refractivity contribution in [3.8, 4) is 0 Å². The molecule has 0 aromatic heterocycles. The summed E-state index contributed by atoms with van der Waals surface area (Å²) in [6.07, 6.45) is 4.10. The molecule has 1 atom stereocenters. The molecule has 1 saturated carbocycles. The Hall–Kier alpha value is -0.0800. The highest BCUT2D eigenvalue weighted by atomic mass is 15.2. The van der Waals surface area contributed by atoms with Crippen molar-refractivity contribution in [1.82, 2.24) is 10.2 Å². The molecule has 0 amide bonds. The largest absolute Gasteiger partial charge is 0.311 e. The van der Waals surface area contributed by atoms with E-state index < -0.39 is 0 Å². The molecule has 1 aliphatic heterocycles. The van der Waals surface area contributed by atoms with E-state index in [1.807, 2.05) is 0 Å². The van der Waals surface area contributed by atoms with Gasteiger partial charge < -0.3 is 5.32 Å². The van der Waals surface area contributed by atoms with E-state index in [2.05, 4.69) is 58.7 Å². The molecular formula is C18H36N2. The Balaban J connectivity index is 2.07. The number of hydrogen-bond acceptors (Lipinski definition) is 2. The molecule has 2 rings (SSSR count). The SMILES string of the molecule is CC1(C)CC(N2CCNC(C(C)(C)C)C2)CC(C)(C)C1. The minimum absolute atomic E-state index is 0.359. The lowest BCUT2D eigenvalue weighted by atomic mass is 9.63. The second kappa shape index (κ2) is 5.28. The number of rotatable bonds is 1. The van der Waals surface area contributed by atoms with Crippen LogP contribution in [0.3, 0.4) is 0 Å². The van der Waals surface area contributed by atoms with E-state index in [-0.39, 0.29) is 0 Å². The van der Waals surface area contributed by atoms with E-state index in [4.69, 9.17) is 0 Å². The van der Waals surface area contributed by atoms with Crippen LogP contribution in [0.25, 0.3) is 0 Å². The summed E-state index contributed by atoms with van der Waals surface area (Å²) in [6, 6.07) is 1.41. The quantitative estimate of drug-likeness (QED) is 0.783. The van der Waals surface area contributed by atoms with Crippen LogP contribution >= 0.6 is 0 Å². The standard InChI is InChI=1S/C18H36N2/c1-16(2,3)15-12-20(9-8-19-15)14-10-17(4,5)13-18(6,7)11-14/h14-15,19H,8-13H2,1-7H3. The van der Waals surface area contributed by atoms with Crippen molar-refractivity contribution in [2.75, 3.05) is 19.6 Å². The van der Waals surface area contributed by atoms with Gasteiger partial charge in [-0.2, -0.15) is 0 Å². The number of hydrogen-bond donors (Lipinski definition) is 1. The molecule has 2 nitrogen and oxygen atoms in total. The topological polar surface area (TPSA) is 15.3 Å². The predicted octanol–water partition coefficient (Wildman–Crippen LogP) is 3.91. The van der Waals surface area contributed by atoms with Crippen LogP contribution in [-0.2, 0) is 0 Å². The number of piperazine rings is 1. The van der Waals surface area contributed by atoms with E-state index in [9.17, 15) is 0 Å². The monoisotopic (exact) mass is 280 g/mol. The molecular weight excluding hydrogens is 244 g/mol. The van der Waals surface area contributed by atoms with Gasteiger partial charge in [-0.3, -0.25) is 4.90 Å². The van der Waals surface area contributed by atoms with Crippen molar-refractivity contribution in [1.29, 1.82) is 0 Å². The average Bonchev–Trinajstić information content (AvgIpc) is 2.24. The molecule has 20 heavy (non-hydrogen) atoms. The van der Waals surface area contributed by atoms with E-state index in [0.29, 0.717) is 22.3 Å². The fourth-order valence-electron chi connectivity index (χ4n) is 4.73. The van der Waals surface area contributed by atoms with Crippen LogP contribution in [0, 0.1) is 16.2 Å². The predicted molar refractivity (Wildman–Crippen MR) is 88.0 cm³/mol. The molecule has 118 valence electrons. The van der Waals surface area contributed by atoms with Gasteiger partial charge in [0.1, 0.15) is 0 Å². The van der Waals surface area contributed by atoms with Crippen LogP contribution in [-0.4, -0.2) is 36.6 Å². The molecule has 0 radical (unpaired) electrons. The molecule has 0 aromatic carbocycles. The van der Waals surface area contributed by atoms with Gasteiger partial charge in [0.05, 0.1) is 0 Å². The second-order valence-corrected chi connectivity index (χ2v) is 9.93. The van der Waals surface area contributed by atoms with Gasteiger partial charge in [-0.1, -0.05) is 48.5 Å². The van der Waals surface area contributed by atoms with Gasteiger partial charge in [0.25, 0.3) is 0 Å². The summed E-state index contributed by atoms with van der Waals surface area (Å²) in [7, 11) is 0. The van der Waals surface area contributed by atoms with Gasteiger partial charge in [0.15, 0.2) is 0 Å². The Labute approximate surface area is 126 Å². The molecule has 2 fully saturated rings. The molecule has 0 spiro atoms. The van der Waals surface area contributed by atoms with Crippen LogP contribution < -0.4 is 5.32 Å². The van der Waals surface area contributed by atoms with Crippen LogP contribution in [0.2, 0.25) is 0 Å². The minimum atomic E-state index is 0.359. The fraction of sp³-hybridized carbons (Fsp3) is 1.00.